The fraction of sp³-hybridized carbons (Fsp3) is 0.500. The molecule has 1 fully saturated rings. The first-order chi connectivity index (χ1) is 13.1. The van der Waals surface area contributed by atoms with Gasteiger partial charge in [0.05, 0.1) is 18.8 Å². The minimum absolute atomic E-state index is 0.0539. The molecule has 0 aliphatic carbocycles. The summed E-state index contributed by atoms with van der Waals surface area (Å²) in [6.45, 7) is 2.00. The highest BCUT2D eigenvalue weighted by Gasteiger charge is 2.28. The van der Waals surface area contributed by atoms with Crippen LogP contribution in [-0.4, -0.2) is 40.4 Å². The molecule has 0 saturated carbocycles. The highest BCUT2D eigenvalue weighted by Crippen LogP contribution is 2.33. The van der Waals surface area contributed by atoms with Crippen LogP contribution in [-0.2, 0) is 7.05 Å². The molecule has 1 aromatic carbocycles. The molecule has 1 unspecified atom stereocenters. The van der Waals surface area contributed by atoms with E-state index in [9.17, 15) is 9.18 Å². The predicted molar refractivity (Wildman–Crippen MR) is 99.2 cm³/mol. The van der Waals surface area contributed by atoms with E-state index in [1.165, 1.54) is 17.7 Å². The minimum Gasteiger partial charge on any atom is -0.493 e. The third kappa shape index (κ3) is 3.91. The van der Waals surface area contributed by atoms with Gasteiger partial charge in [-0.05, 0) is 43.2 Å². The number of amides is 2. The maximum Gasteiger partial charge on any atom is 0.317 e. The van der Waals surface area contributed by atoms with E-state index >= 15 is 0 Å². The molecule has 2 amide bonds. The average Bonchev–Trinajstić information content (AvgIpc) is 3.01. The number of likely N-dealkylation sites (tertiary alicyclic amines) is 1. The Balaban J connectivity index is 1.38. The van der Waals surface area contributed by atoms with Crippen LogP contribution in [0.15, 0.2) is 30.6 Å². The third-order valence-electron chi connectivity index (χ3n) is 5.52. The number of aromatic nitrogens is 2. The Kier molecular flexibility index (Phi) is 5.01. The fourth-order valence-electron chi connectivity index (χ4n) is 4.00. The standard InChI is InChI=1S/C20H25FN4O2/c1-24-13-15(12-22-24)14-6-8-25(9-7-14)20(26)23-18-3-2-10-27-19-11-16(21)4-5-17(18)19/h4-5,11-14,18H,2-3,6-10H2,1H3,(H,23,26). The number of nitrogens with zero attached hydrogens (tertiary/aromatic N) is 3. The molecule has 0 bridgehead atoms. The Morgan fingerprint density at radius 2 is 2.11 bits per heavy atom. The lowest BCUT2D eigenvalue weighted by molar-refractivity contribution is 0.177. The number of benzene rings is 1. The van der Waals surface area contributed by atoms with Gasteiger partial charge in [-0.25, -0.2) is 9.18 Å². The molecular weight excluding hydrogens is 347 g/mol. The van der Waals surface area contributed by atoms with Gasteiger partial charge >= 0.3 is 6.03 Å². The van der Waals surface area contributed by atoms with Gasteiger partial charge in [-0.2, -0.15) is 5.10 Å². The van der Waals surface area contributed by atoms with Crippen LogP contribution >= 0.6 is 0 Å². The van der Waals surface area contributed by atoms with Gasteiger partial charge in [0.2, 0.25) is 0 Å². The molecule has 2 aromatic rings. The first-order valence-corrected chi connectivity index (χ1v) is 9.56. The summed E-state index contributed by atoms with van der Waals surface area (Å²) >= 11 is 0. The van der Waals surface area contributed by atoms with Gasteiger partial charge in [-0.3, -0.25) is 4.68 Å². The molecule has 27 heavy (non-hydrogen) atoms. The van der Waals surface area contributed by atoms with Gasteiger partial charge in [0, 0.05) is 38.0 Å². The van der Waals surface area contributed by atoms with Crippen molar-refractivity contribution >= 4 is 6.03 Å². The van der Waals surface area contributed by atoms with Gasteiger partial charge < -0.3 is 15.0 Å². The Morgan fingerprint density at radius 3 is 2.85 bits per heavy atom. The summed E-state index contributed by atoms with van der Waals surface area (Å²) in [4.78, 5) is 14.7. The molecule has 4 rings (SSSR count). The van der Waals surface area contributed by atoms with E-state index in [0.29, 0.717) is 18.3 Å². The third-order valence-corrected chi connectivity index (χ3v) is 5.52. The van der Waals surface area contributed by atoms with E-state index in [1.54, 1.807) is 6.07 Å². The van der Waals surface area contributed by atoms with Crippen LogP contribution in [0.1, 0.15) is 48.8 Å². The molecule has 6 nitrogen and oxygen atoms in total. The molecule has 1 N–H and O–H groups in total. The predicted octanol–water partition coefficient (Wildman–Crippen LogP) is 3.36. The first-order valence-electron chi connectivity index (χ1n) is 9.56. The van der Waals surface area contributed by atoms with Gasteiger partial charge in [-0.1, -0.05) is 6.07 Å². The highest BCUT2D eigenvalue weighted by atomic mass is 19.1. The molecule has 7 heteroatoms. The molecule has 3 heterocycles. The summed E-state index contributed by atoms with van der Waals surface area (Å²) in [6, 6.07) is 4.34. The highest BCUT2D eigenvalue weighted by molar-refractivity contribution is 5.75. The zero-order valence-electron chi connectivity index (χ0n) is 15.5. The second-order valence-electron chi connectivity index (χ2n) is 7.38. The van der Waals surface area contributed by atoms with Gasteiger partial charge in [0.15, 0.2) is 0 Å². The summed E-state index contributed by atoms with van der Waals surface area (Å²) in [5.41, 5.74) is 2.10. The van der Waals surface area contributed by atoms with E-state index < -0.39 is 0 Å². The lowest BCUT2D eigenvalue weighted by Gasteiger charge is -2.33. The maximum absolute atomic E-state index is 13.5. The maximum atomic E-state index is 13.5. The molecule has 1 atom stereocenters. The summed E-state index contributed by atoms with van der Waals surface area (Å²) in [7, 11) is 1.92. The smallest absolute Gasteiger partial charge is 0.317 e. The summed E-state index contributed by atoms with van der Waals surface area (Å²) in [5, 5.41) is 7.38. The van der Waals surface area contributed by atoms with E-state index in [2.05, 4.69) is 16.6 Å². The molecule has 0 radical (unpaired) electrons. The van der Waals surface area contributed by atoms with Crippen molar-refractivity contribution in [1.82, 2.24) is 20.0 Å². The molecule has 2 aliphatic heterocycles. The number of carbonyl (C=O) groups excluding carboxylic acids is 1. The Bertz CT molecular complexity index is 814. The van der Waals surface area contributed by atoms with E-state index in [4.69, 9.17) is 4.74 Å². The number of hydrogen-bond donors (Lipinski definition) is 1. The number of nitrogens with one attached hydrogen (secondary N) is 1. The number of carbonyl (C=O) groups is 1. The van der Waals surface area contributed by atoms with Crippen LogP contribution < -0.4 is 10.1 Å². The van der Waals surface area contributed by atoms with Crippen LogP contribution in [0.25, 0.3) is 0 Å². The molecule has 2 aliphatic rings. The number of piperidine rings is 1. The summed E-state index contributed by atoms with van der Waals surface area (Å²) < 4.78 is 21.0. The van der Waals surface area contributed by atoms with Crippen molar-refractivity contribution < 1.29 is 13.9 Å². The number of fused-ring (bicyclic) bond motifs is 1. The second kappa shape index (κ2) is 7.58. The topological polar surface area (TPSA) is 59.4 Å². The van der Waals surface area contributed by atoms with Crippen LogP contribution in [0.2, 0.25) is 0 Å². The second-order valence-corrected chi connectivity index (χ2v) is 7.38. The van der Waals surface area contributed by atoms with Crippen LogP contribution in [0.4, 0.5) is 9.18 Å². The monoisotopic (exact) mass is 372 g/mol. The Morgan fingerprint density at radius 1 is 1.30 bits per heavy atom. The van der Waals surface area contributed by atoms with E-state index in [1.807, 2.05) is 22.8 Å². The SMILES string of the molecule is Cn1cc(C2CCN(C(=O)NC3CCCOc4cc(F)ccc43)CC2)cn1. The number of halogens is 1. The zero-order valence-corrected chi connectivity index (χ0v) is 15.5. The normalized spacial score (nSPS) is 20.5. The van der Waals surface area contributed by atoms with Crippen molar-refractivity contribution in [2.24, 2.45) is 7.05 Å². The molecule has 1 saturated heterocycles. The quantitative estimate of drug-likeness (QED) is 0.879. The lowest BCUT2D eigenvalue weighted by atomic mass is 9.92. The van der Waals surface area contributed by atoms with Crippen LogP contribution in [0.5, 0.6) is 5.75 Å². The minimum atomic E-state index is -0.321. The average molecular weight is 372 g/mol. The first kappa shape index (κ1) is 17.8. The van der Waals surface area contributed by atoms with Crippen molar-refractivity contribution in [3.8, 4) is 5.75 Å². The van der Waals surface area contributed by atoms with E-state index in [-0.39, 0.29) is 17.9 Å². The lowest BCUT2D eigenvalue weighted by Crippen LogP contribution is -2.45. The number of hydrogen-bond acceptors (Lipinski definition) is 3. The van der Waals surface area contributed by atoms with E-state index in [0.717, 1.165) is 44.3 Å². The zero-order chi connectivity index (χ0) is 18.8. The summed E-state index contributed by atoms with van der Waals surface area (Å²) in [5.74, 6) is 0.670. The van der Waals surface area contributed by atoms with Gasteiger partial charge in [-0.15, -0.1) is 0 Å². The fourth-order valence-corrected chi connectivity index (χ4v) is 4.00. The number of ether oxygens (including phenoxy) is 1. The van der Waals surface area contributed by atoms with Crippen LogP contribution in [0.3, 0.4) is 0 Å². The largest absolute Gasteiger partial charge is 0.493 e. The van der Waals surface area contributed by atoms with Crippen molar-refractivity contribution in [1.29, 1.82) is 0 Å². The van der Waals surface area contributed by atoms with Gasteiger partial charge in [0.25, 0.3) is 0 Å². The van der Waals surface area contributed by atoms with Crippen LogP contribution in [0, 0.1) is 5.82 Å². The molecule has 0 spiro atoms. The number of rotatable bonds is 2. The van der Waals surface area contributed by atoms with Crippen molar-refractivity contribution in [2.45, 2.75) is 37.6 Å². The summed E-state index contributed by atoms with van der Waals surface area (Å²) in [6.07, 6.45) is 7.47. The molecule has 1 aromatic heterocycles. The van der Waals surface area contributed by atoms with Crippen molar-refractivity contribution in [3.63, 3.8) is 0 Å². The van der Waals surface area contributed by atoms with Crippen molar-refractivity contribution in [3.05, 3.63) is 47.5 Å². The number of aryl methyl sites for hydroxylation is 1. The molecular formula is C20H25FN4O2. The Labute approximate surface area is 158 Å². The number of urea groups is 1. The Hall–Kier alpha value is -2.57. The van der Waals surface area contributed by atoms with Crippen molar-refractivity contribution in [2.75, 3.05) is 19.7 Å². The van der Waals surface area contributed by atoms with Gasteiger partial charge in [0.1, 0.15) is 11.6 Å². The molecule has 144 valence electrons.